The van der Waals surface area contributed by atoms with E-state index in [1.165, 1.54) is 21.0 Å². The van der Waals surface area contributed by atoms with E-state index in [-0.39, 0.29) is 36.5 Å². The Morgan fingerprint density at radius 3 is 2.18 bits per heavy atom. The van der Waals surface area contributed by atoms with Crippen molar-refractivity contribution in [2.24, 2.45) is 17.3 Å². The molecule has 0 amide bonds. The van der Waals surface area contributed by atoms with Gasteiger partial charge in [-0.3, -0.25) is 9.59 Å². The van der Waals surface area contributed by atoms with E-state index in [1.54, 1.807) is 31.2 Å². The van der Waals surface area contributed by atoms with Gasteiger partial charge in [0, 0.05) is 32.1 Å². The van der Waals surface area contributed by atoms with Gasteiger partial charge in [-0.25, -0.2) is 4.79 Å². The summed E-state index contributed by atoms with van der Waals surface area (Å²) in [6.07, 6.45) is -2.10. The van der Waals surface area contributed by atoms with E-state index in [4.69, 9.17) is 14.2 Å². The van der Waals surface area contributed by atoms with Crippen molar-refractivity contribution in [3.8, 4) is 5.75 Å². The maximum absolute atomic E-state index is 13.5. The van der Waals surface area contributed by atoms with Crippen LogP contribution < -0.4 is 4.74 Å². The van der Waals surface area contributed by atoms with Crippen molar-refractivity contribution in [2.75, 3.05) is 7.11 Å². The number of Topliss-reactive ketones (excluding diaryl/α,β-unsaturated/α-hetero) is 1. The third kappa shape index (κ3) is 4.51. The molecule has 0 aromatic heterocycles. The van der Waals surface area contributed by atoms with Crippen LogP contribution in [0, 0.1) is 17.3 Å². The number of esters is 2. The second-order valence-electron chi connectivity index (χ2n) is 10.2. The summed E-state index contributed by atoms with van der Waals surface area (Å²) in [7, 11) is 1.52. The highest BCUT2D eigenvalue weighted by molar-refractivity contribution is 5.90. The molecule has 0 aliphatic heterocycles. The molecular weight excluding hydrogens is 428 g/mol. The number of benzene rings is 1. The standard InChI is InChI=1S/C25H34O8/c1-14(2)25(30)13-20(32-15(3)26)24(5)19(27)12-23(4,29)11-18(21(24)25)33-22(28)16-7-9-17(31-6)10-8-16/h7-10,14,18,20-21,29-30H,11-13H2,1-6H3/t18-,20-,21+,23-,24-,25-/m0/s1. The maximum atomic E-state index is 13.5. The first-order chi connectivity index (χ1) is 15.2. The van der Waals surface area contributed by atoms with E-state index in [2.05, 4.69) is 0 Å². The predicted octanol–water partition coefficient (Wildman–Crippen LogP) is 2.68. The first-order valence-corrected chi connectivity index (χ1v) is 11.2. The second-order valence-corrected chi connectivity index (χ2v) is 10.2. The van der Waals surface area contributed by atoms with Gasteiger partial charge in [-0.1, -0.05) is 13.8 Å². The summed E-state index contributed by atoms with van der Waals surface area (Å²) < 4.78 is 16.6. The second kappa shape index (κ2) is 8.72. The van der Waals surface area contributed by atoms with Crippen molar-refractivity contribution in [2.45, 2.75) is 77.3 Å². The van der Waals surface area contributed by atoms with Gasteiger partial charge in [0.05, 0.1) is 29.3 Å². The fraction of sp³-hybridized carbons (Fsp3) is 0.640. The summed E-state index contributed by atoms with van der Waals surface area (Å²) in [4.78, 5) is 38.4. The van der Waals surface area contributed by atoms with Gasteiger partial charge < -0.3 is 24.4 Å². The van der Waals surface area contributed by atoms with Crippen LogP contribution >= 0.6 is 0 Å². The smallest absolute Gasteiger partial charge is 0.338 e. The Balaban J connectivity index is 2.07. The Kier molecular flexibility index (Phi) is 6.65. The van der Waals surface area contributed by atoms with Crippen LogP contribution in [-0.4, -0.2) is 58.5 Å². The van der Waals surface area contributed by atoms with Crippen LogP contribution in [-0.2, 0) is 19.1 Å². The highest BCUT2D eigenvalue weighted by atomic mass is 16.6. The van der Waals surface area contributed by atoms with Gasteiger partial charge >= 0.3 is 11.9 Å². The molecule has 0 spiro atoms. The quantitative estimate of drug-likeness (QED) is 0.641. The van der Waals surface area contributed by atoms with E-state index in [0.29, 0.717) is 5.75 Å². The molecule has 2 aliphatic carbocycles. The number of hydrogen-bond acceptors (Lipinski definition) is 8. The van der Waals surface area contributed by atoms with E-state index < -0.39 is 46.7 Å². The molecule has 6 atom stereocenters. The maximum Gasteiger partial charge on any atom is 0.338 e. The average molecular weight is 463 g/mol. The van der Waals surface area contributed by atoms with Crippen LogP contribution in [0.4, 0.5) is 0 Å². The number of methoxy groups -OCH3 is 1. The van der Waals surface area contributed by atoms with Gasteiger partial charge in [0.1, 0.15) is 23.7 Å². The zero-order valence-corrected chi connectivity index (χ0v) is 20.1. The lowest BCUT2D eigenvalue weighted by molar-refractivity contribution is -0.159. The Labute approximate surface area is 194 Å². The Morgan fingerprint density at radius 2 is 1.67 bits per heavy atom. The monoisotopic (exact) mass is 462 g/mol. The highest BCUT2D eigenvalue weighted by Crippen LogP contribution is 2.59. The highest BCUT2D eigenvalue weighted by Gasteiger charge is 2.69. The van der Waals surface area contributed by atoms with Gasteiger partial charge in [-0.2, -0.15) is 0 Å². The molecule has 1 aromatic rings. The van der Waals surface area contributed by atoms with Gasteiger partial charge in [0.15, 0.2) is 0 Å². The topological polar surface area (TPSA) is 119 Å². The molecular formula is C25H34O8. The minimum atomic E-state index is -1.46. The molecule has 33 heavy (non-hydrogen) atoms. The Bertz CT molecular complexity index is 921. The molecule has 8 heteroatoms. The number of carbonyl (C=O) groups is 3. The Hall–Kier alpha value is -2.45. The van der Waals surface area contributed by atoms with Gasteiger partial charge in [-0.15, -0.1) is 0 Å². The van der Waals surface area contributed by atoms with Crippen molar-refractivity contribution in [1.29, 1.82) is 0 Å². The number of fused-ring (bicyclic) bond motifs is 1. The van der Waals surface area contributed by atoms with Crippen molar-refractivity contribution in [1.82, 2.24) is 0 Å². The summed E-state index contributed by atoms with van der Waals surface area (Å²) in [5.41, 5.74) is -3.99. The SMILES string of the molecule is COc1ccc(C(=O)O[C@H]2C[C@](C)(O)CC(=O)[C@@]3(C)[C@@H](OC(C)=O)C[C@](O)(C(C)C)[C@H]23)cc1. The fourth-order valence-corrected chi connectivity index (χ4v) is 5.58. The van der Waals surface area contributed by atoms with E-state index in [9.17, 15) is 24.6 Å². The molecule has 0 heterocycles. The number of hydrogen-bond donors (Lipinski definition) is 2. The number of rotatable bonds is 5. The molecule has 0 saturated heterocycles. The molecule has 3 rings (SSSR count). The third-order valence-electron chi connectivity index (χ3n) is 7.41. The molecule has 1 aromatic carbocycles. The molecule has 2 N–H and O–H groups in total. The normalized spacial score (nSPS) is 36.2. The summed E-state index contributed by atoms with van der Waals surface area (Å²) in [6, 6.07) is 6.38. The van der Waals surface area contributed by atoms with Crippen LogP contribution in [0.1, 0.15) is 64.2 Å². The minimum absolute atomic E-state index is 0.0376. The van der Waals surface area contributed by atoms with Crippen molar-refractivity contribution < 1.29 is 38.8 Å². The van der Waals surface area contributed by atoms with Crippen molar-refractivity contribution in [3.05, 3.63) is 29.8 Å². The zero-order chi connectivity index (χ0) is 24.8. The average Bonchev–Trinajstić information content (AvgIpc) is 2.90. The zero-order valence-electron chi connectivity index (χ0n) is 20.1. The fourth-order valence-electron chi connectivity index (χ4n) is 5.58. The molecule has 0 radical (unpaired) electrons. The number of carbonyl (C=O) groups excluding carboxylic acids is 3. The Morgan fingerprint density at radius 1 is 1.06 bits per heavy atom. The van der Waals surface area contributed by atoms with Crippen LogP contribution in [0.25, 0.3) is 0 Å². The minimum Gasteiger partial charge on any atom is -0.497 e. The molecule has 2 aliphatic rings. The van der Waals surface area contributed by atoms with Crippen molar-refractivity contribution in [3.63, 3.8) is 0 Å². The number of ether oxygens (including phenoxy) is 3. The molecule has 182 valence electrons. The molecule has 8 nitrogen and oxygen atoms in total. The first-order valence-electron chi connectivity index (χ1n) is 11.2. The molecule has 0 unspecified atom stereocenters. The summed E-state index contributed by atoms with van der Waals surface area (Å²) in [6.45, 7) is 8.03. The van der Waals surface area contributed by atoms with Gasteiger partial charge in [0.25, 0.3) is 0 Å². The summed E-state index contributed by atoms with van der Waals surface area (Å²) in [5.74, 6) is -2.17. The van der Waals surface area contributed by atoms with Gasteiger partial charge in [0.2, 0.25) is 0 Å². The number of aliphatic hydroxyl groups is 2. The van der Waals surface area contributed by atoms with Gasteiger partial charge in [-0.05, 0) is 44.0 Å². The van der Waals surface area contributed by atoms with Crippen LogP contribution in [0.2, 0.25) is 0 Å². The largest absolute Gasteiger partial charge is 0.497 e. The predicted molar refractivity (Wildman–Crippen MR) is 119 cm³/mol. The lowest BCUT2D eigenvalue weighted by Gasteiger charge is -2.42. The third-order valence-corrected chi connectivity index (χ3v) is 7.41. The van der Waals surface area contributed by atoms with E-state index in [1.807, 2.05) is 13.8 Å². The lowest BCUT2D eigenvalue weighted by Crippen LogP contribution is -2.53. The lowest BCUT2D eigenvalue weighted by atomic mass is 9.67. The van der Waals surface area contributed by atoms with E-state index >= 15 is 0 Å². The van der Waals surface area contributed by atoms with Crippen molar-refractivity contribution >= 4 is 17.7 Å². The van der Waals surface area contributed by atoms with E-state index in [0.717, 1.165) is 0 Å². The van der Waals surface area contributed by atoms with Crippen LogP contribution in [0.3, 0.4) is 0 Å². The number of ketones is 1. The molecule has 2 saturated carbocycles. The summed E-state index contributed by atoms with van der Waals surface area (Å²) in [5, 5.41) is 22.8. The first kappa shape index (κ1) is 25.2. The molecule has 0 bridgehead atoms. The van der Waals surface area contributed by atoms with Crippen LogP contribution in [0.5, 0.6) is 5.75 Å². The summed E-state index contributed by atoms with van der Waals surface area (Å²) >= 11 is 0. The molecule has 2 fully saturated rings. The van der Waals surface area contributed by atoms with Crippen LogP contribution in [0.15, 0.2) is 24.3 Å².